The van der Waals surface area contributed by atoms with Crippen LogP contribution < -0.4 is 19.6 Å². The molecule has 0 saturated carbocycles. The molecule has 0 spiro atoms. The van der Waals surface area contributed by atoms with Gasteiger partial charge in [0, 0.05) is 5.56 Å². The number of esters is 1. The quantitative estimate of drug-likeness (QED) is 0.549. The van der Waals surface area contributed by atoms with E-state index in [-0.39, 0.29) is 24.0 Å². The second kappa shape index (κ2) is 9.69. The van der Waals surface area contributed by atoms with Gasteiger partial charge in [-0.1, -0.05) is 41.7 Å². The molecule has 1 atom stereocenters. The topological polar surface area (TPSA) is 90.1 Å². The van der Waals surface area contributed by atoms with E-state index in [1.165, 1.54) is 15.9 Å². The Morgan fingerprint density at radius 3 is 2.56 bits per heavy atom. The summed E-state index contributed by atoms with van der Waals surface area (Å²) in [5.74, 6) is 0.268. The number of carbonyl (C=O) groups excluding carboxylic acids is 1. The highest BCUT2D eigenvalue weighted by Crippen LogP contribution is 2.31. The van der Waals surface area contributed by atoms with E-state index in [0.717, 1.165) is 5.56 Å². The lowest BCUT2D eigenvalue weighted by Crippen LogP contribution is -2.39. The maximum atomic E-state index is 13.6. The van der Waals surface area contributed by atoms with Gasteiger partial charge in [0.25, 0.3) is 5.56 Å². The van der Waals surface area contributed by atoms with Crippen LogP contribution in [0.2, 0.25) is 0 Å². The van der Waals surface area contributed by atoms with Gasteiger partial charge < -0.3 is 14.6 Å². The van der Waals surface area contributed by atoms with Crippen molar-refractivity contribution in [2.75, 3.05) is 6.61 Å². The van der Waals surface area contributed by atoms with Crippen LogP contribution >= 0.6 is 11.3 Å². The molecule has 0 fully saturated rings. The average molecular weight is 479 g/mol. The molecule has 0 unspecified atom stereocenters. The zero-order valence-corrected chi connectivity index (χ0v) is 20.3. The van der Waals surface area contributed by atoms with Crippen LogP contribution in [0.25, 0.3) is 6.08 Å². The molecule has 1 N–H and O–H groups in total. The van der Waals surface area contributed by atoms with Gasteiger partial charge in [0.15, 0.2) is 4.80 Å². The number of benzene rings is 2. The van der Waals surface area contributed by atoms with E-state index in [2.05, 4.69) is 4.99 Å². The lowest BCUT2D eigenvalue weighted by molar-refractivity contribution is -0.139. The molecule has 0 aliphatic carbocycles. The highest BCUT2D eigenvalue weighted by molar-refractivity contribution is 7.07. The number of allylic oxidation sites excluding steroid dienone is 1. The average Bonchev–Trinajstić information content (AvgIpc) is 3.09. The summed E-state index contributed by atoms with van der Waals surface area (Å²) in [5.41, 5.74) is 1.79. The molecular formula is C26H26N2O5S. The lowest BCUT2D eigenvalue weighted by Gasteiger charge is -2.25. The Bertz CT molecular complexity index is 1430. The maximum absolute atomic E-state index is 13.6. The summed E-state index contributed by atoms with van der Waals surface area (Å²) in [6, 6.07) is 13.4. The Kier molecular flexibility index (Phi) is 6.70. The first-order valence-corrected chi connectivity index (χ1v) is 11.9. The number of carbonyl (C=O) groups is 1. The summed E-state index contributed by atoms with van der Waals surface area (Å²) in [6.07, 6.45) is 1.66. The van der Waals surface area contributed by atoms with Crippen LogP contribution in [0.1, 0.15) is 44.9 Å². The van der Waals surface area contributed by atoms with E-state index in [1.54, 1.807) is 44.2 Å². The molecule has 2 aromatic carbocycles. The Morgan fingerprint density at radius 1 is 1.21 bits per heavy atom. The standard InChI is InChI=1S/C26H26N2O5S/c1-5-32-25(31)22-16(4)27-26-28(23(22)17-10-12-19(13-11-17)33-15(2)3)24(30)21(34-26)14-18-8-6-7-9-20(18)29/h6-15,23,29H,5H2,1-4H3/b21-14+/t23-/m0/s1. The van der Waals surface area contributed by atoms with Crippen molar-refractivity contribution in [2.45, 2.75) is 39.8 Å². The van der Waals surface area contributed by atoms with Crippen LogP contribution in [-0.2, 0) is 9.53 Å². The van der Waals surface area contributed by atoms with Crippen LogP contribution in [0.15, 0.2) is 69.6 Å². The largest absolute Gasteiger partial charge is 0.507 e. The van der Waals surface area contributed by atoms with Crippen LogP contribution in [0.3, 0.4) is 0 Å². The SMILES string of the molecule is CCOC(=O)C1=C(C)N=c2s/c(=C/c3ccccc3O)c(=O)n2[C@H]1c1ccc(OC(C)C)cc1. The van der Waals surface area contributed by atoms with Gasteiger partial charge in [-0.25, -0.2) is 9.79 Å². The number of aromatic hydroxyl groups is 1. The number of ether oxygens (including phenoxy) is 2. The summed E-state index contributed by atoms with van der Waals surface area (Å²) in [7, 11) is 0. The number of hydrogen-bond acceptors (Lipinski definition) is 7. The maximum Gasteiger partial charge on any atom is 0.338 e. The Balaban J connectivity index is 1.91. The summed E-state index contributed by atoms with van der Waals surface area (Å²) < 4.78 is 13.0. The van der Waals surface area contributed by atoms with Crippen LogP contribution in [0.5, 0.6) is 11.5 Å². The second-order valence-corrected chi connectivity index (χ2v) is 9.11. The fourth-order valence-electron chi connectivity index (χ4n) is 3.86. The Hall–Kier alpha value is -3.65. The predicted octanol–water partition coefficient (Wildman–Crippen LogP) is 3.29. The number of aromatic nitrogens is 1. The number of thiazole rings is 1. The number of fused-ring (bicyclic) bond motifs is 1. The van der Waals surface area contributed by atoms with Gasteiger partial charge in [0.05, 0.1) is 34.6 Å². The second-order valence-electron chi connectivity index (χ2n) is 8.10. The minimum atomic E-state index is -0.699. The molecule has 1 aliphatic rings. The molecule has 0 saturated heterocycles. The van der Waals surface area contributed by atoms with E-state index in [1.807, 2.05) is 38.1 Å². The summed E-state index contributed by atoms with van der Waals surface area (Å²) in [4.78, 5) is 31.5. The molecule has 1 aromatic heterocycles. The Morgan fingerprint density at radius 2 is 1.91 bits per heavy atom. The summed E-state index contributed by atoms with van der Waals surface area (Å²) >= 11 is 1.21. The molecular weight excluding hydrogens is 452 g/mol. The number of phenols is 1. The minimum absolute atomic E-state index is 0.0233. The zero-order valence-electron chi connectivity index (χ0n) is 19.4. The molecule has 34 heavy (non-hydrogen) atoms. The number of rotatable bonds is 6. The molecule has 2 heterocycles. The van der Waals surface area contributed by atoms with Gasteiger partial charge in [-0.15, -0.1) is 0 Å². The number of hydrogen-bond donors (Lipinski definition) is 1. The first-order valence-electron chi connectivity index (χ1n) is 11.0. The van der Waals surface area contributed by atoms with E-state index in [0.29, 0.717) is 31.9 Å². The Labute approximate surface area is 200 Å². The smallest absolute Gasteiger partial charge is 0.338 e. The van der Waals surface area contributed by atoms with Crippen molar-refractivity contribution in [3.05, 3.63) is 90.6 Å². The third-order valence-electron chi connectivity index (χ3n) is 5.31. The third kappa shape index (κ3) is 4.54. The van der Waals surface area contributed by atoms with Crippen molar-refractivity contribution >= 4 is 23.4 Å². The van der Waals surface area contributed by atoms with E-state index >= 15 is 0 Å². The van der Waals surface area contributed by atoms with Crippen molar-refractivity contribution in [3.8, 4) is 11.5 Å². The van der Waals surface area contributed by atoms with Gasteiger partial charge >= 0.3 is 5.97 Å². The molecule has 1 aliphatic heterocycles. The van der Waals surface area contributed by atoms with Crippen molar-refractivity contribution < 1.29 is 19.4 Å². The van der Waals surface area contributed by atoms with Crippen molar-refractivity contribution in [3.63, 3.8) is 0 Å². The molecule has 176 valence electrons. The monoisotopic (exact) mass is 478 g/mol. The minimum Gasteiger partial charge on any atom is -0.507 e. The number of phenolic OH excluding ortho intramolecular Hbond substituents is 1. The van der Waals surface area contributed by atoms with Crippen molar-refractivity contribution in [2.24, 2.45) is 4.99 Å². The van der Waals surface area contributed by atoms with Crippen LogP contribution in [0.4, 0.5) is 0 Å². The van der Waals surface area contributed by atoms with Gasteiger partial charge in [-0.2, -0.15) is 0 Å². The summed E-state index contributed by atoms with van der Waals surface area (Å²) in [6.45, 7) is 7.59. The van der Waals surface area contributed by atoms with Crippen molar-refractivity contribution in [1.82, 2.24) is 4.57 Å². The number of para-hydroxylation sites is 1. The zero-order chi connectivity index (χ0) is 24.4. The van der Waals surface area contributed by atoms with Crippen LogP contribution in [-0.4, -0.2) is 28.4 Å². The fraction of sp³-hybridized carbons (Fsp3) is 0.269. The molecule has 4 rings (SSSR count). The van der Waals surface area contributed by atoms with Gasteiger partial charge in [0.1, 0.15) is 11.5 Å². The summed E-state index contributed by atoms with van der Waals surface area (Å²) in [5, 5.41) is 10.2. The van der Waals surface area contributed by atoms with Gasteiger partial charge in [-0.3, -0.25) is 9.36 Å². The first kappa shape index (κ1) is 23.5. The molecule has 0 amide bonds. The van der Waals surface area contributed by atoms with Gasteiger partial charge in [0.2, 0.25) is 0 Å². The van der Waals surface area contributed by atoms with E-state index in [4.69, 9.17) is 9.47 Å². The molecule has 7 nitrogen and oxygen atoms in total. The number of nitrogens with zero attached hydrogens (tertiary/aromatic N) is 2. The molecule has 8 heteroatoms. The highest BCUT2D eigenvalue weighted by Gasteiger charge is 2.33. The predicted molar refractivity (Wildman–Crippen MR) is 131 cm³/mol. The van der Waals surface area contributed by atoms with Crippen LogP contribution in [0, 0.1) is 0 Å². The highest BCUT2D eigenvalue weighted by atomic mass is 32.1. The first-order chi connectivity index (χ1) is 16.3. The molecule has 0 bridgehead atoms. The normalized spacial score (nSPS) is 15.8. The molecule has 3 aromatic rings. The van der Waals surface area contributed by atoms with E-state index < -0.39 is 12.0 Å². The fourth-order valence-corrected chi connectivity index (χ4v) is 4.90. The van der Waals surface area contributed by atoms with Gasteiger partial charge in [-0.05, 0) is 57.5 Å². The van der Waals surface area contributed by atoms with Crippen molar-refractivity contribution in [1.29, 1.82) is 0 Å². The van der Waals surface area contributed by atoms with E-state index in [9.17, 15) is 14.7 Å². The lowest BCUT2D eigenvalue weighted by atomic mass is 9.96. The third-order valence-corrected chi connectivity index (χ3v) is 6.29. The molecule has 0 radical (unpaired) electrons.